The normalized spacial score (nSPS) is 13.6. The number of benzene rings is 2. The van der Waals surface area contributed by atoms with Gasteiger partial charge in [0.1, 0.15) is 17.3 Å². The lowest BCUT2D eigenvalue weighted by atomic mass is 10.0. The van der Waals surface area contributed by atoms with Crippen molar-refractivity contribution in [3.05, 3.63) is 54.1 Å². The van der Waals surface area contributed by atoms with Crippen molar-refractivity contribution in [1.29, 1.82) is 0 Å². The molecule has 0 spiro atoms. The number of nitrogens with zero attached hydrogens (tertiary/aromatic N) is 2. The maximum absolute atomic E-state index is 5.59. The van der Waals surface area contributed by atoms with Gasteiger partial charge in [-0.1, -0.05) is 30.3 Å². The lowest BCUT2D eigenvalue weighted by molar-refractivity contribution is 0.412. The summed E-state index contributed by atoms with van der Waals surface area (Å²) >= 11 is 1.76. The highest BCUT2D eigenvalue weighted by Gasteiger charge is 2.24. The molecule has 1 N–H and O–H groups in total. The first kappa shape index (κ1) is 17.0. The number of fused-ring (bicyclic) bond motifs is 1. The lowest BCUT2D eigenvalue weighted by Gasteiger charge is -2.12. The van der Waals surface area contributed by atoms with E-state index in [2.05, 4.69) is 41.9 Å². The Bertz CT molecular complexity index is 847. The molecular weight excluding hydrogens is 342 g/mol. The fourth-order valence-electron chi connectivity index (χ4n) is 3.54. The maximum Gasteiger partial charge on any atom is 0.144 e. The molecule has 0 bridgehead atoms. The van der Waals surface area contributed by atoms with Gasteiger partial charge in [-0.3, -0.25) is 0 Å². The van der Waals surface area contributed by atoms with Crippen LogP contribution in [-0.2, 0) is 6.42 Å². The summed E-state index contributed by atoms with van der Waals surface area (Å²) in [5, 5.41) is 8.66. The monoisotopic (exact) mass is 365 g/mol. The molecule has 1 aliphatic heterocycles. The van der Waals surface area contributed by atoms with E-state index in [0.29, 0.717) is 0 Å². The Balaban J connectivity index is 1.95. The lowest BCUT2D eigenvalue weighted by Crippen LogP contribution is -2.08. The molecule has 2 aromatic carbocycles. The van der Waals surface area contributed by atoms with Crippen molar-refractivity contribution in [3.8, 4) is 22.7 Å². The van der Waals surface area contributed by atoms with Crippen LogP contribution < -0.4 is 10.1 Å². The molecule has 4 nitrogen and oxygen atoms in total. The second-order valence-electron chi connectivity index (χ2n) is 6.34. The van der Waals surface area contributed by atoms with Crippen molar-refractivity contribution in [1.82, 2.24) is 9.78 Å². The van der Waals surface area contributed by atoms with Crippen LogP contribution in [0.15, 0.2) is 53.4 Å². The summed E-state index contributed by atoms with van der Waals surface area (Å²) in [6.07, 6.45) is 5.50. The van der Waals surface area contributed by atoms with Crippen molar-refractivity contribution in [2.24, 2.45) is 0 Å². The molecule has 0 saturated heterocycles. The molecule has 0 fully saturated rings. The van der Waals surface area contributed by atoms with E-state index < -0.39 is 0 Å². The van der Waals surface area contributed by atoms with Gasteiger partial charge in [0, 0.05) is 22.6 Å². The maximum atomic E-state index is 5.59. The van der Waals surface area contributed by atoms with Crippen LogP contribution in [0.1, 0.15) is 18.4 Å². The predicted molar refractivity (Wildman–Crippen MR) is 109 cm³/mol. The second kappa shape index (κ2) is 7.46. The molecule has 1 aromatic heterocycles. The SMILES string of the molecule is COc1ccccc1-n1nc(-c2ccccc2SC)c2c1NCCCC2. The molecule has 0 unspecified atom stereocenters. The van der Waals surface area contributed by atoms with Crippen molar-refractivity contribution < 1.29 is 4.74 Å². The average molecular weight is 366 g/mol. The number of aromatic nitrogens is 2. The number of hydrogen-bond acceptors (Lipinski definition) is 4. The van der Waals surface area contributed by atoms with Gasteiger partial charge in [0.2, 0.25) is 0 Å². The van der Waals surface area contributed by atoms with Crippen LogP contribution in [0.4, 0.5) is 5.82 Å². The number of rotatable bonds is 4. The molecule has 26 heavy (non-hydrogen) atoms. The highest BCUT2D eigenvalue weighted by Crippen LogP contribution is 2.38. The average Bonchev–Trinajstić information content (AvgIpc) is 2.88. The summed E-state index contributed by atoms with van der Waals surface area (Å²) in [6, 6.07) is 16.6. The zero-order valence-electron chi connectivity index (χ0n) is 15.2. The van der Waals surface area contributed by atoms with Crippen LogP contribution in [0.5, 0.6) is 5.75 Å². The minimum atomic E-state index is 0.827. The number of anilines is 1. The van der Waals surface area contributed by atoms with Crippen molar-refractivity contribution >= 4 is 17.6 Å². The van der Waals surface area contributed by atoms with Gasteiger partial charge in [0.15, 0.2) is 0 Å². The molecule has 3 aromatic rings. The quantitative estimate of drug-likeness (QED) is 0.659. The molecular formula is C21H23N3OS. The summed E-state index contributed by atoms with van der Waals surface area (Å²) in [6.45, 7) is 0.970. The number of ether oxygens (including phenoxy) is 1. The first-order chi connectivity index (χ1) is 12.8. The third-order valence-electron chi connectivity index (χ3n) is 4.80. The van der Waals surface area contributed by atoms with Gasteiger partial charge in [-0.2, -0.15) is 5.10 Å². The Morgan fingerprint density at radius 2 is 1.88 bits per heavy atom. The first-order valence-corrected chi connectivity index (χ1v) is 10.2. The van der Waals surface area contributed by atoms with E-state index in [0.717, 1.165) is 35.9 Å². The van der Waals surface area contributed by atoms with Crippen LogP contribution in [0.25, 0.3) is 16.9 Å². The van der Waals surface area contributed by atoms with Gasteiger partial charge in [0.25, 0.3) is 0 Å². The Morgan fingerprint density at radius 1 is 1.08 bits per heavy atom. The van der Waals surface area contributed by atoms with Gasteiger partial charge in [-0.25, -0.2) is 4.68 Å². The fourth-order valence-corrected chi connectivity index (χ4v) is 4.14. The molecule has 0 amide bonds. The minimum absolute atomic E-state index is 0.827. The topological polar surface area (TPSA) is 39.1 Å². The van der Waals surface area contributed by atoms with Gasteiger partial charge in [-0.15, -0.1) is 11.8 Å². The molecule has 1 aliphatic rings. The Morgan fingerprint density at radius 3 is 2.73 bits per heavy atom. The molecule has 4 rings (SSSR count). The number of hydrogen-bond donors (Lipinski definition) is 1. The standard InChI is InChI=1S/C21H23N3OS/c1-25-18-12-5-4-11-17(18)24-21-16(10-7-8-14-22-21)20(23-24)15-9-3-6-13-19(15)26-2/h3-6,9,11-13,22H,7-8,10,14H2,1-2H3. The molecule has 0 atom stereocenters. The third-order valence-corrected chi connectivity index (χ3v) is 5.60. The Kier molecular flexibility index (Phi) is 4.89. The van der Waals surface area contributed by atoms with E-state index in [9.17, 15) is 0 Å². The highest BCUT2D eigenvalue weighted by atomic mass is 32.2. The molecule has 0 radical (unpaired) electrons. The Labute approximate surface area is 158 Å². The number of thioether (sulfide) groups is 1. The minimum Gasteiger partial charge on any atom is -0.494 e. The molecule has 0 aliphatic carbocycles. The summed E-state index contributed by atoms with van der Waals surface area (Å²) in [5.74, 6) is 1.92. The smallest absolute Gasteiger partial charge is 0.144 e. The molecule has 2 heterocycles. The van der Waals surface area contributed by atoms with E-state index >= 15 is 0 Å². The van der Waals surface area contributed by atoms with Crippen molar-refractivity contribution in [2.75, 3.05) is 25.2 Å². The predicted octanol–water partition coefficient (Wildman–Crippen LogP) is 5.02. The second-order valence-corrected chi connectivity index (χ2v) is 7.19. The Hall–Kier alpha value is -2.40. The first-order valence-electron chi connectivity index (χ1n) is 8.96. The van der Waals surface area contributed by atoms with Crippen LogP contribution >= 0.6 is 11.8 Å². The van der Waals surface area contributed by atoms with E-state index in [4.69, 9.17) is 9.84 Å². The van der Waals surface area contributed by atoms with Gasteiger partial charge < -0.3 is 10.1 Å². The summed E-state index contributed by atoms with van der Waals surface area (Å²) in [4.78, 5) is 1.25. The van der Waals surface area contributed by atoms with E-state index in [1.807, 2.05) is 22.9 Å². The molecule has 5 heteroatoms. The number of nitrogens with one attached hydrogen (secondary N) is 1. The zero-order valence-corrected chi connectivity index (χ0v) is 16.0. The van der Waals surface area contributed by atoms with E-state index in [1.165, 1.54) is 28.9 Å². The molecule has 0 saturated carbocycles. The van der Waals surface area contributed by atoms with Crippen LogP contribution in [0.2, 0.25) is 0 Å². The van der Waals surface area contributed by atoms with E-state index in [1.54, 1.807) is 18.9 Å². The summed E-state index contributed by atoms with van der Waals surface area (Å²) in [7, 11) is 1.71. The van der Waals surface area contributed by atoms with Crippen LogP contribution in [0.3, 0.4) is 0 Å². The van der Waals surface area contributed by atoms with Crippen molar-refractivity contribution in [2.45, 2.75) is 24.2 Å². The fraction of sp³-hybridized carbons (Fsp3) is 0.286. The molecule has 134 valence electrons. The summed E-state index contributed by atoms with van der Waals surface area (Å²) < 4.78 is 7.61. The number of para-hydroxylation sites is 2. The number of methoxy groups -OCH3 is 1. The van der Waals surface area contributed by atoms with Crippen LogP contribution in [0, 0.1) is 0 Å². The zero-order chi connectivity index (χ0) is 17.9. The van der Waals surface area contributed by atoms with Crippen LogP contribution in [-0.4, -0.2) is 29.7 Å². The highest BCUT2D eigenvalue weighted by molar-refractivity contribution is 7.98. The van der Waals surface area contributed by atoms with Gasteiger partial charge in [0.05, 0.1) is 12.8 Å². The van der Waals surface area contributed by atoms with E-state index in [-0.39, 0.29) is 0 Å². The summed E-state index contributed by atoms with van der Waals surface area (Å²) in [5.41, 5.74) is 4.54. The van der Waals surface area contributed by atoms with Gasteiger partial charge >= 0.3 is 0 Å². The third kappa shape index (κ3) is 2.97. The largest absolute Gasteiger partial charge is 0.494 e. The van der Waals surface area contributed by atoms with Gasteiger partial charge in [-0.05, 0) is 43.7 Å². The van der Waals surface area contributed by atoms with Crippen molar-refractivity contribution in [3.63, 3.8) is 0 Å².